The van der Waals surface area contributed by atoms with Gasteiger partial charge in [-0.15, -0.1) is 34.0 Å². The summed E-state index contributed by atoms with van der Waals surface area (Å²) < 4.78 is 11.8. The third-order valence-corrected chi connectivity index (χ3v) is 18.0. The molecule has 0 spiro atoms. The van der Waals surface area contributed by atoms with E-state index in [-0.39, 0.29) is 0 Å². The summed E-state index contributed by atoms with van der Waals surface area (Å²) in [6.07, 6.45) is 0. The Balaban J connectivity index is 1.24. The average molecular weight is 943 g/mol. The SMILES string of the molecule is [C-]#[N+]c1c(-c2ccccc2)c(-n2c3c(ccc4c5ccccc5sc43)c3ccc4c5ccccc5sc4c32)c(-c2ccccc2)c(C#N)c1-n1c2ccccc2c2ccc3c4ccc(C)cc4sc3c21. The second-order valence-corrected chi connectivity index (χ2v) is 21.3. The number of aromatic nitrogens is 2. The molecule has 10 aromatic carbocycles. The molecule has 5 aromatic heterocycles. The zero-order valence-electron chi connectivity index (χ0n) is 37.4. The van der Waals surface area contributed by atoms with Gasteiger partial charge in [-0.25, -0.2) is 4.85 Å². The smallest absolute Gasteiger partial charge is 0.221 e. The van der Waals surface area contributed by atoms with Crippen LogP contribution < -0.4 is 0 Å². The molecule has 324 valence electrons. The van der Waals surface area contributed by atoms with Crippen molar-refractivity contribution in [2.24, 2.45) is 0 Å². The summed E-state index contributed by atoms with van der Waals surface area (Å²) in [7, 11) is 0. The number of para-hydroxylation sites is 1. The number of fused-ring (bicyclic) bond motifs is 18. The van der Waals surface area contributed by atoms with E-state index in [1.807, 2.05) is 34.8 Å². The first-order valence-electron chi connectivity index (χ1n) is 23.3. The van der Waals surface area contributed by atoms with Gasteiger partial charge in [0.05, 0.1) is 59.7 Å². The van der Waals surface area contributed by atoms with Crippen LogP contribution in [0.5, 0.6) is 0 Å². The minimum Gasteiger partial charge on any atom is -0.316 e. The van der Waals surface area contributed by atoms with Crippen molar-refractivity contribution in [2.75, 3.05) is 0 Å². The molecule has 5 heterocycles. The Bertz CT molecular complexity index is 4650. The summed E-state index contributed by atoms with van der Waals surface area (Å²) >= 11 is 5.40. The number of nitriles is 1. The Labute approximate surface area is 412 Å². The van der Waals surface area contributed by atoms with Gasteiger partial charge in [0.15, 0.2) is 0 Å². The van der Waals surface area contributed by atoms with E-state index in [4.69, 9.17) is 4.85 Å². The highest BCUT2D eigenvalue weighted by Crippen LogP contribution is 2.55. The number of nitrogens with zero attached hydrogens (tertiary/aromatic N) is 4. The molecule has 4 nitrogen and oxygen atoms in total. The molecule has 0 saturated heterocycles. The van der Waals surface area contributed by atoms with E-state index < -0.39 is 0 Å². The van der Waals surface area contributed by atoms with Gasteiger partial charge >= 0.3 is 0 Å². The zero-order valence-corrected chi connectivity index (χ0v) is 39.9. The van der Waals surface area contributed by atoms with Crippen LogP contribution in [0.25, 0.3) is 143 Å². The van der Waals surface area contributed by atoms with E-state index in [0.717, 1.165) is 81.6 Å². The van der Waals surface area contributed by atoms with E-state index in [1.54, 1.807) is 11.3 Å². The molecule has 0 N–H and O–H groups in total. The predicted octanol–water partition coefficient (Wildman–Crippen LogP) is 19.0. The molecule has 7 heteroatoms. The number of rotatable bonds is 4. The molecular weight excluding hydrogens is 909 g/mol. The molecule has 0 aliphatic carbocycles. The molecule has 0 atom stereocenters. The average Bonchev–Trinajstić information content (AvgIpc) is 4.22. The molecule has 15 rings (SSSR count). The van der Waals surface area contributed by atoms with Crippen LogP contribution in [0.1, 0.15) is 11.1 Å². The second-order valence-electron chi connectivity index (χ2n) is 18.1. The van der Waals surface area contributed by atoms with E-state index in [9.17, 15) is 11.8 Å². The first-order chi connectivity index (χ1) is 34.6. The van der Waals surface area contributed by atoms with Crippen molar-refractivity contribution in [1.82, 2.24) is 9.13 Å². The van der Waals surface area contributed by atoms with E-state index in [0.29, 0.717) is 16.9 Å². The van der Waals surface area contributed by atoms with Crippen LogP contribution in [0.2, 0.25) is 0 Å². The molecule has 70 heavy (non-hydrogen) atoms. The maximum Gasteiger partial charge on any atom is 0.221 e. The monoisotopic (exact) mass is 942 g/mol. The quantitative estimate of drug-likeness (QED) is 0.162. The van der Waals surface area contributed by atoms with Gasteiger partial charge in [-0.2, -0.15) is 5.26 Å². The highest BCUT2D eigenvalue weighted by atomic mass is 32.1. The third-order valence-electron chi connectivity index (χ3n) is 14.4. The highest BCUT2D eigenvalue weighted by Gasteiger charge is 2.33. The molecule has 0 amide bonds. The van der Waals surface area contributed by atoms with E-state index in [2.05, 4.69) is 198 Å². The summed E-state index contributed by atoms with van der Waals surface area (Å²) in [4.78, 5) is 4.69. The van der Waals surface area contributed by atoms with Crippen molar-refractivity contribution < 1.29 is 0 Å². The first kappa shape index (κ1) is 39.4. The fourth-order valence-corrected chi connectivity index (χ4v) is 15.3. The lowest BCUT2D eigenvalue weighted by Gasteiger charge is -2.26. The van der Waals surface area contributed by atoms with Crippen molar-refractivity contribution in [2.45, 2.75) is 6.92 Å². The largest absolute Gasteiger partial charge is 0.316 e. The van der Waals surface area contributed by atoms with Crippen molar-refractivity contribution >= 4 is 144 Å². The first-order valence-corrected chi connectivity index (χ1v) is 25.7. The lowest BCUT2D eigenvalue weighted by Crippen LogP contribution is -2.08. The lowest BCUT2D eigenvalue weighted by molar-refractivity contribution is 1.15. The number of hydrogen-bond donors (Lipinski definition) is 0. The van der Waals surface area contributed by atoms with Crippen LogP contribution in [0.3, 0.4) is 0 Å². The summed E-state index contributed by atoms with van der Waals surface area (Å²) in [5, 5.41) is 23.8. The van der Waals surface area contributed by atoms with Crippen LogP contribution in [0.15, 0.2) is 188 Å². The maximum absolute atomic E-state index is 12.3. The summed E-state index contributed by atoms with van der Waals surface area (Å²) in [6, 6.07) is 69.9. The van der Waals surface area contributed by atoms with Crippen LogP contribution in [-0.2, 0) is 0 Å². The number of hydrogen-bond acceptors (Lipinski definition) is 4. The van der Waals surface area contributed by atoms with Gasteiger partial charge in [0.25, 0.3) is 0 Å². The van der Waals surface area contributed by atoms with Gasteiger partial charge in [-0.05, 0) is 47.9 Å². The van der Waals surface area contributed by atoms with Gasteiger partial charge < -0.3 is 9.13 Å². The second kappa shape index (κ2) is 14.7. The van der Waals surface area contributed by atoms with Crippen LogP contribution in [0.4, 0.5) is 5.69 Å². The van der Waals surface area contributed by atoms with Crippen molar-refractivity contribution in [3.8, 4) is 39.7 Å². The third kappa shape index (κ3) is 5.26. The number of benzene rings is 10. The van der Waals surface area contributed by atoms with Crippen LogP contribution in [-0.4, -0.2) is 9.13 Å². The fraction of sp³-hybridized carbons (Fsp3) is 0.0159. The Morgan fingerprint density at radius 3 is 1.44 bits per heavy atom. The van der Waals surface area contributed by atoms with Crippen molar-refractivity contribution in [3.05, 3.63) is 211 Å². The molecule has 0 bridgehead atoms. The molecule has 15 aromatic rings. The van der Waals surface area contributed by atoms with Gasteiger partial charge in [-0.1, -0.05) is 164 Å². The van der Waals surface area contributed by atoms with E-state index in [1.165, 1.54) is 56.0 Å². The van der Waals surface area contributed by atoms with Crippen LogP contribution >= 0.6 is 34.0 Å². The van der Waals surface area contributed by atoms with Crippen LogP contribution in [0, 0.1) is 24.8 Å². The maximum atomic E-state index is 12.3. The Morgan fingerprint density at radius 2 is 0.871 bits per heavy atom. The summed E-state index contributed by atoms with van der Waals surface area (Å²) in [5.41, 5.74) is 10.9. The molecule has 0 fully saturated rings. The normalized spacial score (nSPS) is 12.0. The fourth-order valence-electron chi connectivity index (χ4n) is 11.5. The molecular formula is C63H34N4S3. The molecule has 0 aliphatic rings. The minimum atomic E-state index is 0.427. The van der Waals surface area contributed by atoms with Gasteiger partial charge in [-0.3, -0.25) is 0 Å². The van der Waals surface area contributed by atoms with Gasteiger partial charge in [0.2, 0.25) is 5.69 Å². The highest BCUT2D eigenvalue weighted by molar-refractivity contribution is 7.27. The Hall–Kier alpha value is -8.56. The van der Waals surface area contributed by atoms with Gasteiger partial charge in [0.1, 0.15) is 6.07 Å². The molecule has 0 saturated carbocycles. The predicted molar refractivity (Wildman–Crippen MR) is 300 cm³/mol. The number of thiophene rings is 3. The zero-order chi connectivity index (χ0) is 46.4. The molecule has 0 radical (unpaired) electrons. The van der Waals surface area contributed by atoms with Crippen molar-refractivity contribution in [3.63, 3.8) is 0 Å². The minimum absolute atomic E-state index is 0.427. The molecule has 0 unspecified atom stereocenters. The summed E-state index contributed by atoms with van der Waals surface area (Å²) in [6.45, 7) is 11.7. The summed E-state index contributed by atoms with van der Waals surface area (Å²) in [5.74, 6) is 0. The standard InChI is InChI=1S/C63H34N4S3/c1-35-25-26-41-47-30-27-42-38-19-9-12-22-49(38)66(57(42)61(47)70-52(41)33-35)56-48(34-64)53(36-15-5-3-6-16-36)60(54(55(56)65-2)37-17-7-4-8-18-37)67-58-43(28-31-45-39-20-10-13-23-50(39)68-62(45)58)44-29-32-46-40-21-11-14-24-51(40)69-63(46)59(44)67/h3-33H,1H3. The Kier molecular flexibility index (Phi) is 8.29. The lowest BCUT2D eigenvalue weighted by atomic mass is 9.88. The van der Waals surface area contributed by atoms with Crippen molar-refractivity contribution in [1.29, 1.82) is 5.26 Å². The molecule has 0 aliphatic heterocycles. The Morgan fingerprint density at radius 1 is 0.429 bits per heavy atom. The number of aryl methyl sites for hydroxylation is 1. The topological polar surface area (TPSA) is 38.0 Å². The van der Waals surface area contributed by atoms with E-state index >= 15 is 0 Å². The van der Waals surface area contributed by atoms with Gasteiger partial charge in [0, 0.05) is 79.1 Å².